The summed E-state index contributed by atoms with van der Waals surface area (Å²) in [5, 5.41) is 3.76. The molecule has 0 aromatic carbocycles. The number of nitrogens with one attached hydrogen (secondary N) is 1. The Bertz CT molecular complexity index is 213. The van der Waals surface area contributed by atoms with Crippen LogP contribution in [0.3, 0.4) is 0 Å². The van der Waals surface area contributed by atoms with E-state index in [1.807, 2.05) is 0 Å². The van der Waals surface area contributed by atoms with Gasteiger partial charge in [-0.25, -0.2) is 0 Å². The monoisotopic (exact) mass is 209 g/mol. The zero-order valence-corrected chi connectivity index (χ0v) is 9.49. The average molecular weight is 209 g/mol. The van der Waals surface area contributed by atoms with Crippen LogP contribution in [-0.4, -0.2) is 42.2 Å². The largest absolute Gasteiger partial charge is 0.328 e. The molecule has 15 heavy (non-hydrogen) atoms. The number of nitrogens with zero attached hydrogens (tertiary/aromatic N) is 1. The lowest BCUT2D eigenvalue weighted by Gasteiger charge is -2.39. The number of hydrogen-bond acceptors (Lipinski definition) is 3. The van der Waals surface area contributed by atoms with Gasteiger partial charge in [0.15, 0.2) is 0 Å². The highest BCUT2D eigenvalue weighted by Crippen LogP contribution is 2.29. The summed E-state index contributed by atoms with van der Waals surface area (Å²) >= 11 is 0. The van der Waals surface area contributed by atoms with Crippen molar-refractivity contribution < 1.29 is 0 Å². The standard InChI is InChI=1S/C12H23N3/c13-9-7-11(8-9)14-10-3-5-15(6-4-10)12-1-2-12/h9-12,14H,1-8,13H2. The van der Waals surface area contributed by atoms with Crippen molar-refractivity contribution in [2.75, 3.05) is 13.1 Å². The number of hydrogen-bond donors (Lipinski definition) is 2. The Morgan fingerprint density at radius 1 is 0.933 bits per heavy atom. The van der Waals surface area contributed by atoms with E-state index in [2.05, 4.69) is 10.2 Å². The Morgan fingerprint density at radius 3 is 2.13 bits per heavy atom. The smallest absolute Gasteiger partial charge is 0.00991 e. The van der Waals surface area contributed by atoms with Crippen LogP contribution in [0.1, 0.15) is 38.5 Å². The van der Waals surface area contributed by atoms with Crippen LogP contribution in [0, 0.1) is 0 Å². The first-order valence-electron chi connectivity index (χ1n) is 6.57. The van der Waals surface area contributed by atoms with E-state index in [0.29, 0.717) is 6.04 Å². The quantitative estimate of drug-likeness (QED) is 0.718. The minimum atomic E-state index is 0.481. The molecule has 0 unspecified atom stereocenters. The number of nitrogens with two attached hydrogens (primary N) is 1. The van der Waals surface area contributed by atoms with Gasteiger partial charge in [-0.2, -0.15) is 0 Å². The molecule has 1 saturated heterocycles. The maximum Gasteiger partial charge on any atom is 0.00991 e. The molecule has 0 radical (unpaired) electrons. The summed E-state index contributed by atoms with van der Waals surface area (Å²) < 4.78 is 0. The van der Waals surface area contributed by atoms with Gasteiger partial charge >= 0.3 is 0 Å². The van der Waals surface area contributed by atoms with Gasteiger partial charge in [0.05, 0.1) is 0 Å². The molecular formula is C12H23N3. The van der Waals surface area contributed by atoms with Gasteiger partial charge in [0.25, 0.3) is 0 Å². The molecule has 3 rings (SSSR count). The topological polar surface area (TPSA) is 41.3 Å². The normalized spacial score (nSPS) is 39.0. The minimum absolute atomic E-state index is 0.481. The van der Waals surface area contributed by atoms with Crippen molar-refractivity contribution in [3.05, 3.63) is 0 Å². The fourth-order valence-electron chi connectivity index (χ4n) is 3.00. The zero-order chi connectivity index (χ0) is 10.3. The molecule has 0 bridgehead atoms. The van der Waals surface area contributed by atoms with E-state index in [9.17, 15) is 0 Å². The molecule has 86 valence electrons. The maximum atomic E-state index is 5.80. The zero-order valence-electron chi connectivity index (χ0n) is 9.49. The molecule has 3 heteroatoms. The van der Waals surface area contributed by atoms with Gasteiger partial charge in [0, 0.05) is 24.2 Å². The Labute approximate surface area is 92.4 Å². The summed E-state index contributed by atoms with van der Waals surface area (Å²) in [5.41, 5.74) is 5.80. The molecule has 1 heterocycles. The summed E-state index contributed by atoms with van der Waals surface area (Å²) in [6.45, 7) is 2.64. The molecule has 0 spiro atoms. The van der Waals surface area contributed by atoms with Crippen molar-refractivity contribution >= 4 is 0 Å². The molecule has 0 aromatic heterocycles. The summed E-state index contributed by atoms with van der Waals surface area (Å²) in [6, 6.07) is 2.95. The molecule has 0 atom stereocenters. The molecule has 3 aliphatic rings. The maximum absolute atomic E-state index is 5.80. The van der Waals surface area contributed by atoms with E-state index >= 15 is 0 Å². The van der Waals surface area contributed by atoms with Crippen LogP contribution >= 0.6 is 0 Å². The molecule has 3 fully saturated rings. The molecule has 3 N–H and O–H groups in total. The van der Waals surface area contributed by atoms with Gasteiger partial charge in [-0.1, -0.05) is 0 Å². The third kappa shape index (κ3) is 2.35. The molecule has 2 aliphatic carbocycles. The molecule has 1 aliphatic heterocycles. The first-order chi connectivity index (χ1) is 7.31. The lowest BCUT2D eigenvalue weighted by atomic mass is 9.86. The van der Waals surface area contributed by atoms with E-state index in [4.69, 9.17) is 5.73 Å². The predicted molar refractivity (Wildman–Crippen MR) is 61.8 cm³/mol. The van der Waals surface area contributed by atoms with Gasteiger partial charge in [0.2, 0.25) is 0 Å². The van der Waals surface area contributed by atoms with E-state index < -0.39 is 0 Å². The van der Waals surface area contributed by atoms with Crippen molar-refractivity contribution in [3.8, 4) is 0 Å². The summed E-state index contributed by atoms with van der Waals surface area (Å²) in [5.74, 6) is 0. The highest BCUT2D eigenvalue weighted by atomic mass is 15.2. The van der Waals surface area contributed by atoms with Gasteiger partial charge in [-0.3, -0.25) is 0 Å². The van der Waals surface area contributed by atoms with Crippen LogP contribution < -0.4 is 11.1 Å². The number of piperidine rings is 1. The van der Waals surface area contributed by atoms with Gasteiger partial charge in [0.1, 0.15) is 0 Å². The number of rotatable bonds is 3. The van der Waals surface area contributed by atoms with E-state index in [1.54, 1.807) is 0 Å². The van der Waals surface area contributed by atoms with Crippen LogP contribution in [0.5, 0.6) is 0 Å². The van der Waals surface area contributed by atoms with Crippen LogP contribution in [0.2, 0.25) is 0 Å². The van der Waals surface area contributed by atoms with Crippen molar-refractivity contribution in [1.82, 2.24) is 10.2 Å². The predicted octanol–water partition coefficient (Wildman–Crippen LogP) is 0.692. The first-order valence-corrected chi connectivity index (χ1v) is 6.57. The summed E-state index contributed by atoms with van der Waals surface area (Å²) in [4.78, 5) is 2.69. The summed E-state index contributed by atoms with van der Waals surface area (Å²) in [7, 11) is 0. The van der Waals surface area contributed by atoms with Gasteiger partial charge < -0.3 is 16.0 Å². The summed E-state index contributed by atoms with van der Waals surface area (Å²) in [6.07, 6.45) is 8.00. The highest BCUT2D eigenvalue weighted by molar-refractivity contribution is 4.93. The molecule has 0 aromatic rings. The second kappa shape index (κ2) is 4.04. The van der Waals surface area contributed by atoms with E-state index in [0.717, 1.165) is 18.1 Å². The van der Waals surface area contributed by atoms with Crippen molar-refractivity contribution in [1.29, 1.82) is 0 Å². The van der Waals surface area contributed by atoms with Gasteiger partial charge in [-0.05, 0) is 51.6 Å². The lowest BCUT2D eigenvalue weighted by molar-refractivity contribution is 0.165. The third-order valence-corrected chi connectivity index (χ3v) is 4.24. The second-order valence-corrected chi connectivity index (χ2v) is 5.64. The molecule has 0 amide bonds. The first kappa shape index (κ1) is 10.1. The average Bonchev–Trinajstić information content (AvgIpc) is 3.00. The molecular weight excluding hydrogens is 186 g/mol. The minimum Gasteiger partial charge on any atom is -0.328 e. The molecule has 2 saturated carbocycles. The van der Waals surface area contributed by atoms with Crippen molar-refractivity contribution in [2.24, 2.45) is 5.73 Å². The third-order valence-electron chi connectivity index (χ3n) is 4.24. The van der Waals surface area contributed by atoms with Crippen molar-refractivity contribution in [3.63, 3.8) is 0 Å². The Hall–Kier alpha value is -0.120. The fourth-order valence-corrected chi connectivity index (χ4v) is 3.00. The number of likely N-dealkylation sites (tertiary alicyclic amines) is 1. The Balaban J connectivity index is 1.38. The van der Waals surface area contributed by atoms with Crippen LogP contribution in [0.15, 0.2) is 0 Å². The highest BCUT2D eigenvalue weighted by Gasteiger charge is 2.33. The van der Waals surface area contributed by atoms with Crippen molar-refractivity contribution in [2.45, 2.75) is 62.7 Å². The second-order valence-electron chi connectivity index (χ2n) is 5.64. The fraction of sp³-hybridized carbons (Fsp3) is 1.00. The lowest BCUT2D eigenvalue weighted by Crippen LogP contribution is -2.54. The van der Waals surface area contributed by atoms with Crippen LogP contribution in [-0.2, 0) is 0 Å². The Morgan fingerprint density at radius 2 is 1.60 bits per heavy atom. The van der Waals surface area contributed by atoms with E-state index in [-0.39, 0.29) is 0 Å². The SMILES string of the molecule is NC1CC(NC2CCN(C3CC3)CC2)C1. The van der Waals surface area contributed by atoms with Gasteiger partial charge in [-0.15, -0.1) is 0 Å². The Kier molecular flexibility index (Phi) is 2.71. The van der Waals surface area contributed by atoms with E-state index in [1.165, 1.54) is 51.6 Å². The molecule has 3 nitrogen and oxygen atoms in total. The van der Waals surface area contributed by atoms with Crippen LogP contribution in [0.25, 0.3) is 0 Å². The van der Waals surface area contributed by atoms with Crippen LogP contribution in [0.4, 0.5) is 0 Å².